The highest BCUT2D eigenvalue weighted by atomic mass is 32.1. The lowest BCUT2D eigenvalue weighted by atomic mass is 10.1. The number of rotatable bonds is 5. The Bertz CT molecular complexity index is 720. The Balaban J connectivity index is 1.67. The summed E-state index contributed by atoms with van der Waals surface area (Å²) in [5, 5.41) is 3.00. The molecule has 22 heavy (non-hydrogen) atoms. The van der Waals surface area contributed by atoms with Crippen LogP contribution in [0, 0.1) is 0 Å². The van der Waals surface area contributed by atoms with E-state index in [0.717, 1.165) is 27.6 Å². The minimum Gasteiger partial charge on any atom is -0.489 e. The zero-order chi connectivity index (χ0) is 15.4. The first-order valence-corrected chi connectivity index (χ1v) is 8.08. The summed E-state index contributed by atoms with van der Waals surface area (Å²) in [5.74, 6) is 0.857. The van der Waals surface area contributed by atoms with Crippen molar-refractivity contribution in [3.63, 3.8) is 0 Å². The van der Waals surface area contributed by atoms with Crippen LogP contribution in [-0.4, -0.2) is 4.98 Å². The molecule has 3 aromatic rings. The lowest BCUT2D eigenvalue weighted by Gasteiger charge is -2.06. The third-order valence-electron chi connectivity index (χ3n) is 3.31. The molecule has 0 aliphatic carbocycles. The highest BCUT2D eigenvalue weighted by Crippen LogP contribution is 2.26. The van der Waals surface area contributed by atoms with Crippen LogP contribution in [0.4, 0.5) is 0 Å². The molecule has 0 spiro atoms. The first-order valence-electron chi connectivity index (χ1n) is 7.20. The summed E-state index contributed by atoms with van der Waals surface area (Å²) in [5.41, 5.74) is 9.06. The van der Waals surface area contributed by atoms with Crippen molar-refractivity contribution >= 4 is 11.3 Å². The summed E-state index contributed by atoms with van der Waals surface area (Å²) >= 11 is 1.60. The Hall–Kier alpha value is -2.17. The SMILES string of the molecule is CC(N)c1nc(-c2ccc(OCc3ccccc3)cc2)cs1. The molecular formula is C18H18N2OS. The summed E-state index contributed by atoms with van der Waals surface area (Å²) in [6, 6.07) is 18.1. The van der Waals surface area contributed by atoms with Crippen LogP contribution in [0.2, 0.25) is 0 Å². The molecule has 1 atom stereocenters. The maximum Gasteiger partial charge on any atom is 0.119 e. The Morgan fingerprint density at radius 3 is 2.45 bits per heavy atom. The Morgan fingerprint density at radius 2 is 1.82 bits per heavy atom. The molecule has 0 saturated carbocycles. The maximum absolute atomic E-state index is 5.85. The molecule has 3 nitrogen and oxygen atoms in total. The van der Waals surface area contributed by atoms with E-state index in [2.05, 4.69) is 17.1 Å². The number of hydrogen-bond donors (Lipinski definition) is 1. The van der Waals surface area contributed by atoms with Gasteiger partial charge in [0.1, 0.15) is 17.4 Å². The van der Waals surface area contributed by atoms with Gasteiger partial charge in [-0.3, -0.25) is 0 Å². The number of benzene rings is 2. The molecule has 0 bridgehead atoms. The predicted octanol–water partition coefficient (Wildman–Crippen LogP) is 4.41. The van der Waals surface area contributed by atoms with E-state index < -0.39 is 0 Å². The maximum atomic E-state index is 5.85. The fourth-order valence-corrected chi connectivity index (χ4v) is 2.88. The largest absolute Gasteiger partial charge is 0.489 e. The van der Waals surface area contributed by atoms with Crippen LogP contribution in [0.5, 0.6) is 5.75 Å². The lowest BCUT2D eigenvalue weighted by Crippen LogP contribution is -2.03. The van der Waals surface area contributed by atoms with Crippen molar-refractivity contribution in [2.45, 2.75) is 19.6 Å². The van der Waals surface area contributed by atoms with Gasteiger partial charge in [0, 0.05) is 10.9 Å². The smallest absolute Gasteiger partial charge is 0.119 e. The molecule has 3 rings (SSSR count). The number of ether oxygens (including phenoxy) is 1. The Kier molecular flexibility index (Phi) is 4.51. The quantitative estimate of drug-likeness (QED) is 0.759. The van der Waals surface area contributed by atoms with Gasteiger partial charge in [0.2, 0.25) is 0 Å². The van der Waals surface area contributed by atoms with Crippen molar-refractivity contribution in [2.24, 2.45) is 5.73 Å². The zero-order valence-corrected chi connectivity index (χ0v) is 13.2. The molecule has 0 radical (unpaired) electrons. The minimum atomic E-state index is -0.0211. The molecular weight excluding hydrogens is 292 g/mol. The van der Waals surface area contributed by atoms with E-state index in [1.807, 2.05) is 54.8 Å². The van der Waals surface area contributed by atoms with Crippen LogP contribution < -0.4 is 10.5 Å². The fraction of sp³-hybridized carbons (Fsp3) is 0.167. The van der Waals surface area contributed by atoms with Gasteiger partial charge >= 0.3 is 0 Å². The number of nitrogens with zero attached hydrogens (tertiary/aromatic N) is 1. The predicted molar refractivity (Wildman–Crippen MR) is 90.9 cm³/mol. The first kappa shape index (κ1) is 14.8. The van der Waals surface area contributed by atoms with Gasteiger partial charge in [0.05, 0.1) is 11.7 Å². The highest BCUT2D eigenvalue weighted by Gasteiger charge is 2.07. The van der Waals surface area contributed by atoms with Gasteiger partial charge < -0.3 is 10.5 Å². The van der Waals surface area contributed by atoms with Crippen molar-refractivity contribution in [3.8, 4) is 17.0 Å². The van der Waals surface area contributed by atoms with Crippen LogP contribution >= 0.6 is 11.3 Å². The highest BCUT2D eigenvalue weighted by molar-refractivity contribution is 7.10. The van der Waals surface area contributed by atoms with E-state index in [1.54, 1.807) is 11.3 Å². The average molecular weight is 310 g/mol. The molecule has 1 unspecified atom stereocenters. The number of aromatic nitrogens is 1. The second-order valence-electron chi connectivity index (χ2n) is 5.16. The summed E-state index contributed by atoms with van der Waals surface area (Å²) in [4.78, 5) is 4.56. The van der Waals surface area contributed by atoms with Crippen LogP contribution in [0.1, 0.15) is 23.5 Å². The minimum absolute atomic E-state index is 0.0211. The van der Waals surface area contributed by atoms with Crippen LogP contribution in [0.15, 0.2) is 60.0 Å². The monoisotopic (exact) mass is 310 g/mol. The summed E-state index contributed by atoms with van der Waals surface area (Å²) in [6.45, 7) is 2.52. The average Bonchev–Trinajstić information content (AvgIpc) is 3.05. The van der Waals surface area contributed by atoms with Gasteiger partial charge in [-0.15, -0.1) is 11.3 Å². The second kappa shape index (κ2) is 6.73. The summed E-state index contributed by atoms with van der Waals surface area (Å²) in [7, 11) is 0. The molecule has 2 aromatic carbocycles. The number of hydrogen-bond acceptors (Lipinski definition) is 4. The Labute approximate surface area is 134 Å². The van der Waals surface area contributed by atoms with Crippen molar-refractivity contribution in [2.75, 3.05) is 0 Å². The standard InChI is InChI=1S/C18H18N2OS/c1-13(19)18-20-17(12-22-18)15-7-9-16(10-8-15)21-11-14-5-3-2-4-6-14/h2-10,12-13H,11,19H2,1H3. The number of nitrogens with two attached hydrogens (primary N) is 1. The lowest BCUT2D eigenvalue weighted by molar-refractivity contribution is 0.306. The van der Waals surface area contributed by atoms with E-state index in [0.29, 0.717) is 6.61 Å². The van der Waals surface area contributed by atoms with Crippen molar-refractivity contribution in [1.29, 1.82) is 0 Å². The molecule has 0 saturated heterocycles. The van der Waals surface area contributed by atoms with Gasteiger partial charge in [0.25, 0.3) is 0 Å². The van der Waals surface area contributed by atoms with Crippen molar-refractivity contribution < 1.29 is 4.74 Å². The first-order chi connectivity index (χ1) is 10.7. The van der Waals surface area contributed by atoms with E-state index in [9.17, 15) is 0 Å². The van der Waals surface area contributed by atoms with Crippen LogP contribution in [0.25, 0.3) is 11.3 Å². The molecule has 112 valence electrons. The molecule has 0 aliphatic heterocycles. The van der Waals surface area contributed by atoms with Crippen LogP contribution in [-0.2, 0) is 6.61 Å². The third kappa shape index (κ3) is 3.53. The third-order valence-corrected chi connectivity index (χ3v) is 4.36. The molecule has 1 aromatic heterocycles. The van der Waals surface area contributed by atoms with Crippen LogP contribution in [0.3, 0.4) is 0 Å². The van der Waals surface area contributed by atoms with E-state index in [-0.39, 0.29) is 6.04 Å². The zero-order valence-electron chi connectivity index (χ0n) is 12.4. The van der Waals surface area contributed by atoms with E-state index in [4.69, 9.17) is 10.5 Å². The topological polar surface area (TPSA) is 48.1 Å². The van der Waals surface area contributed by atoms with E-state index >= 15 is 0 Å². The van der Waals surface area contributed by atoms with Gasteiger partial charge in [0.15, 0.2) is 0 Å². The van der Waals surface area contributed by atoms with Gasteiger partial charge in [-0.2, -0.15) is 0 Å². The molecule has 1 heterocycles. The van der Waals surface area contributed by atoms with Gasteiger partial charge in [-0.05, 0) is 36.8 Å². The molecule has 2 N–H and O–H groups in total. The Morgan fingerprint density at radius 1 is 1.09 bits per heavy atom. The molecule has 0 amide bonds. The van der Waals surface area contributed by atoms with Crippen molar-refractivity contribution in [1.82, 2.24) is 4.98 Å². The number of thiazole rings is 1. The van der Waals surface area contributed by atoms with E-state index in [1.165, 1.54) is 0 Å². The second-order valence-corrected chi connectivity index (χ2v) is 6.05. The molecule has 0 fully saturated rings. The molecule has 4 heteroatoms. The van der Waals surface area contributed by atoms with Gasteiger partial charge in [-0.25, -0.2) is 4.98 Å². The molecule has 0 aliphatic rings. The normalized spacial score (nSPS) is 12.1. The van der Waals surface area contributed by atoms with Crippen molar-refractivity contribution in [3.05, 3.63) is 70.5 Å². The summed E-state index contributed by atoms with van der Waals surface area (Å²) in [6.07, 6.45) is 0. The fourth-order valence-electron chi connectivity index (χ4n) is 2.09. The van der Waals surface area contributed by atoms with Gasteiger partial charge in [-0.1, -0.05) is 30.3 Å². The summed E-state index contributed by atoms with van der Waals surface area (Å²) < 4.78 is 5.79.